The minimum absolute atomic E-state index is 0.00199. The first-order valence-corrected chi connectivity index (χ1v) is 6.39. The topological polar surface area (TPSA) is 69.6 Å². The van der Waals surface area contributed by atoms with Crippen molar-refractivity contribution in [2.75, 3.05) is 25.1 Å². The van der Waals surface area contributed by atoms with Crippen molar-refractivity contribution in [3.63, 3.8) is 0 Å². The number of anilines is 1. The molecule has 1 saturated carbocycles. The van der Waals surface area contributed by atoms with Gasteiger partial charge in [0.15, 0.2) is 0 Å². The molecule has 0 radical (unpaired) electrons. The van der Waals surface area contributed by atoms with E-state index in [-0.39, 0.29) is 30.9 Å². The highest BCUT2D eigenvalue weighted by Crippen LogP contribution is 2.61. The minimum Gasteiger partial charge on any atom is -0.395 e. The lowest BCUT2D eigenvalue weighted by Gasteiger charge is -2.11. The molecule has 2 N–H and O–H groups in total. The van der Waals surface area contributed by atoms with Gasteiger partial charge in [-0.25, -0.2) is 0 Å². The Bertz CT molecular complexity index is 557. The Balaban J connectivity index is 1.91. The first-order valence-electron chi connectivity index (χ1n) is 6.39. The number of rotatable bonds is 3. The van der Waals surface area contributed by atoms with Crippen LogP contribution in [0.15, 0.2) is 24.3 Å². The van der Waals surface area contributed by atoms with Crippen molar-refractivity contribution in [1.29, 1.82) is 0 Å². The maximum Gasteiger partial charge on any atom is 0.238 e. The fourth-order valence-electron chi connectivity index (χ4n) is 3.08. The second-order valence-electron chi connectivity index (χ2n) is 5.12. The van der Waals surface area contributed by atoms with Crippen LogP contribution in [0.3, 0.4) is 0 Å². The number of carbonyl (C=O) groups is 2. The third kappa shape index (κ3) is 1.51. The minimum atomic E-state index is -0.662. The summed E-state index contributed by atoms with van der Waals surface area (Å²) in [7, 11) is 1.75. The summed E-state index contributed by atoms with van der Waals surface area (Å²) in [5, 5.41) is 11.4. The van der Waals surface area contributed by atoms with Gasteiger partial charge in [-0.05, 0) is 18.1 Å². The van der Waals surface area contributed by atoms with Crippen LogP contribution in [0.25, 0.3) is 0 Å². The van der Waals surface area contributed by atoms with Gasteiger partial charge < -0.3 is 15.3 Å². The molecule has 2 aliphatic rings. The zero-order chi connectivity index (χ0) is 13.6. The largest absolute Gasteiger partial charge is 0.395 e. The number of fused-ring (bicyclic) bond motifs is 2. The summed E-state index contributed by atoms with van der Waals surface area (Å²) >= 11 is 0. The van der Waals surface area contributed by atoms with Crippen molar-refractivity contribution in [2.45, 2.75) is 11.8 Å². The summed E-state index contributed by atoms with van der Waals surface area (Å²) in [5.41, 5.74) is 1.18. The van der Waals surface area contributed by atoms with Gasteiger partial charge in [0.2, 0.25) is 11.8 Å². The number of hydrogen-bond acceptors (Lipinski definition) is 3. The second kappa shape index (κ2) is 4.06. The SMILES string of the molecule is CN1C(=O)[C@@]2(C[C@@H]2C(=O)NCCO)c2ccccc21. The zero-order valence-electron chi connectivity index (χ0n) is 10.7. The van der Waals surface area contributed by atoms with Gasteiger partial charge in [0.05, 0.1) is 17.9 Å². The molecule has 1 aliphatic carbocycles. The van der Waals surface area contributed by atoms with E-state index in [2.05, 4.69) is 5.32 Å². The summed E-state index contributed by atoms with van der Waals surface area (Å²) in [6.45, 7) is 0.146. The van der Waals surface area contributed by atoms with E-state index in [4.69, 9.17) is 5.11 Å². The van der Waals surface area contributed by atoms with Crippen LogP contribution in [-0.4, -0.2) is 37.1 Å². The van der Waals surface area contributed by atoms with E-state index in [1.807, 2.05) is 24.3 Å². The molecule has 2 amide bonds. The van der Waals surface area contributed by atoms with Crippen molar-refractivity contribution in [3.8, 4) is 0 Å². The predicted octanol–water partition coefficient (Wildman–Crippen LogP) is 0.0292. The van der Waals surface area contributed by atoms with Gasteiger partial charge in [-0.3, -0.25) is 9.59 Å². The Morgan fingerprint density at radius 2 is 2.26 bits per heavy atom. The van der Waals surface area contributed by atoms with Gasteiger partial charge in [-0.15, -0.1) is 0 Å². The quantitative estimate of drug-likeness (QED) is 0.805. The highest BCUT2D eigenvalue weighted by molar-refractivity contribution is 6.13. The number of nitrogens with one attached hydrogen (secondary N) is 1. The van der Waals surface area contributed by atoms with Gasteiger partial charge in [0.25, 0.3) is 0 Å². The highest BCUT2D eigenvalue weighted by atomic mass is 16.3. The number of aliphatic hydroxyl groups is 1. The molecule has 2 atom stereocenters. The molecule has 1 aromatic rings. The van der Waals surface area contributed by atoms with Gasteiger partial charge in [0, 0.05) is 19.3 Å². The lowest BCUT2D eigenvalue weighted by Crippen LogP contribution is -2.35. The molecule has 0 saturated heterocycles. The van der Waals surface area contributed by atoms with E-state index >= 15 is 0 Å². The van der Waals surface area contributed by atoms with Crippen LogP contribution < -0.4 is 10.2 Å². The molecule has 100 valence electrons. The first-order chi connectivity index (χ1) is 9.13. The van der Waals surface area contributed by atoms with E-state index in [1.165, 1.54) is 0 Å². The normalized spacial score (nSPS) is 27.6. The summed E-state index contributed by atoms with van der Waals surface area (Å²) < 4.78 is 0. The molecule has 1 heterocycles. The molecule has 1 aromatic carbocycles. The number of para-hydroxylation sites is 1. The molecule has 5 nitrogen and oxygen atoms in total. The summed E-state index contributed by atoms with van der Waals surface area (Å²) in [6, 6.07) is 7.62. The smallest absolute Gasteiger partial charge is 0.238 e. The summed E-state index contributed by atoms with van der Waals surface area (Å²) in [6.07, 6.45) is 0.560. The Labute approximate surface area is 111 Å². The Morgan fingerprint density at radius 1 is 1.53 bits per heavy atom. The lowest BCUT2D eigenvalue weighted by molar-refractivity contribution is -0.126. The van der Waals surface area contributed by atoms with Crippen molar-refractivity contribution in [1.82, 2.24) is 5.32 Å². The van der Waals surface area contributed by atoms with Gasteiger partial charge in [-0.1, -0.05) is 18.2 Å². The maximum absolute atomic E-state index is 12.4. The number of nitrogens with zero attached hydrogens (tertiary/aromatic N) is 1. The standard InChI is InChI=1S/C14H16N2O3/c1-16-11-5-3-2-4-9(11)14(13(16)19)8-10(14)12(18)15-6-7-17/h2-5,10,17H,6-8H2,1H3,(H,15,18)/t10-,14+/m1/s1. The van der Waals surface area contributed by atoms with Gasteiger partial charge in [-0.2, -0.15) is 0 Å². The third-order valence-corrected chi connectivity index (χ3v) is 4.12. The lowest BCUT2D eigenvalue weighted by atomic mass is 9.94. The molecule has 1 spiro atoms. The number of amides is 2. The monoisotopic (exact) mass is 260 g/mol. The second-order valence-corrected chi connectivity index (χ2v) is 5.12. The molecule has 5 heteroatoms. The van der Waals surface area contributed by atoms with E-state index in [0.29, 0.717) is 6.42 Å². The fourth-order valence-corrected chi connectivity index (χ4v) is 3.08. The molecule has 3 rings (SSSR count). The average Bonchev–Trinajstić information content (AvgIpc) is 3.15. The Morgan fingerprint density at radius 3 is 3.00 bits per heavy atom. The number of benzene rings is 1. The van der Waals surface area contributed by atoms with Crippen LogP contribution in [0.2, 0.25) is 0 Å². The highest BCUT2D eigenvalue weighted by Gasteiger charge is 2.68. The molecule has 0 bridgehead atoms. The van der Waals surface area contributed by atoms with Crippen molar-refractivity contribution in [3.05, 3.63) is 29.8 Å². The van der Waals surface area contributed by atoms with Crippen molar-refractivity contribution < 1.29 is 14.7 Å². The van der Waals surface area contributed by atoms with E-state index < -0.39 is 5.41 Å². The van der Waals surface area contributed by atoms with Gasteiger partial charge >= 0.3 is 0 Å². The third-order valence-electron chi connectivity index (χ3n) is 4.12. The average molecular weight is 260 g/mol. The Hall–Kier alpha value is -1.88. The van der Waals surface area contributed by atoms with Gasteiger partial charge in [0.1, 0.15) is 0 Å². The van der Waals surface area contributed by atoms with Crippen molar-refractivity contribution >= 4 is 17.5 Å². The van der Waals surface area contributed by atoms with E-state index in [0.717, 1.165) is 11.3 Å². The molecule has 1 fully saturated rings. The van der Waals surface area contributed by atoms with Crippen LogP contribution in [-0.2, 0) is 15.0 Å². The van der Waals surface area contributed by atoms with Crippen LogP contribution in [0.1, 0.15) is 12.0 Å². The molecule has 1 aliphatic heterocycles. The fraction of sp³-hybridized carbons (Fsp3) is 0.429. The Kier molecular flexibility index (Phi) is 2.60. The van der Waals surface area contributed by atoms with Crippen LogP contribution in [0.5, 0.6) is 0 Å². The molecule has 19 heavy (non-hydrogen) atoms. The van der Waals surface area contributed by atoms with Crippen LogP contribution in [0, 0.1) is 5.92 Å². The van der Waals surface area contributed by atoms with E-state index in [1.54, 1.807) is 11.9 Å². The molecular formula is C14H16N2O3. The molecule has 0 aromatic heterocycles. The van der Waals surface area contributed by atoms with Crippen LogP contribution in [0.4, 0.5) is 5.69 Å². The zero-order valence-corrected chi connectivity index (χ0v) is 10.7. The number of hydrogen-bond donors (Lipinski definition) is 2. The first kappa shape index (κ1) is 12.2. The van der Waals surface area contributed by atoms with E-state index in [9.17, 15) is 9.59 Å². The number of aliphatic hydroxyl groups excluding tert-OH is 1. The molecular weight excluding hydrogens is 244 g/mol. The van der Waals surface area contributed by atoms with Crippen molar-refractivity contribution in [2.24, 2.45) is 5.92 Å². The maximum atomic E-state index is 12.4. The molecule has 0 unspecified atom stereocenters. The summed E-state index contributed by atoms with van der Waals surface area (Å²) in [5.74, 6) is -0.456. The van der Waals surface area contributed by atoms with Crippen LogP contribution >= 0.6 is 0 Å². The number of likely N-dealkylation sites (N-methyl/N-ethyl adjacent to an activating group) is 1. The predicted molar refractivity (Wildman–Crippen MR) is 69.7 cm³/mol. The summed E-state index contributed by atoms with van der Waals surface area (Å²) in [4.78, 5) is 26.1. The number of carbonyl (C=O) groups excluding carboxylic acids is 2.